The summed E-state index contributed by atoms with van der Waals surface area (Å²) >= 11 is 0. The number of furan rings is 2. The van der Waals surface area contributed by atoms with Crippen LogP contribution in [0.25, 0.3) is 209 Å². The number of fused-ring (bicyclic) bond motifs is 19. The maximum atomic E-state index is 7.22. The average Bonchev–Trinajstić information content (AvgIpc) is 1.57. The Labute approximate surface area is 635 Å². The van der Waals surface area contributed by atoms with Crippen molar-refractivity contribution in [2.24, 2.45) is 0 Å². The van der Waals surface area contributed by atoms with Gasteiger partial charge in [0.2, 0.25) is 0 Å². The number of aromatic nitrogens is 4. The molecular weight excluding hydrogens is 1340 g/mol. The Hall–Kier alpha value is -13.7. The summed E-state index contributed by atoms with van der Waals surface area (Å²) in [6.07, 6.45) is 0. The Morgan fingerprint density at radius 3 is 0.991 bits per heavy atom. The third-order valence-electron chi connectivity index (χ3n) is 23.6. The van der Waals surface area contributed by atoms with E-state index in [1.807, 2.05) is 6.07 Å². The summed E-state index contributed by atoms with van der Waals surface area (Å²) < 4.78 is 23.4. The number of rotatable bonds is 9. The van der Waals surface area contributed by atoms with E-state index >= 15 is 0 Å². The Balaban J connectivity index is 0.571. The monoisotopic (exact) mass is 1410 g/mol. The van der Waals surface area contributed by atoms with E-state index in [9.17, 15) is 0 Å². The minimum absolute atomic E-state index is 0.0618. The van der Waals surface area contributed by atoms with Gasteiger partial charge in [0.15, 0.2) is 5.58 Å². The second kappa shape index (κ2) is 23.9. The summed E-state index contributed by atoms with van der Waals surface area (Å²) in [6.45, 7) is 13.7. The summed E-state index contributed by atoms with van der Waals surface area (Å²) in [4.78, 5) is 0. The Bertz CT molecular complexity index is 7530. The van der Waals surface area contributed by atoms with Crippen molar-refractivity contribution >= 4 is 131 Å². The first-order valence-electron chi connectivity index (χ1n) is 38.3. The molecule has 0 N–H and O–H groups in total. The molecule has 0 bridgehead atoms. The van der Waals surface area contributed by atoms with E-state index < -0.39 is 0 Å². The van der Waals surface area contributed by atoms with Gasteiger partial charge in [-0.05, 0) is 205 Å². The zero-order valence-electron chi connectivity index (χ0n) is 61.9. The molecule has 6 heteroatoms. The molecule has 0 spiro atoms. The quantitative estimate of drug-likeness (QED) is 0.145. The van der Waals surface area contributed by atoms with Crippen LogP contribution in [-0.2, 0) is 10.8 Å². The lowest BCUT2D eigenvalue weighted by molar-refractivity contribution is 0.591. The zero-order chi connectivity index (χ0) is 73.4. The second-order valence-corrected chi connectivity index (χ2v) is 32.0. The summed E-state index contributed by atoms with van der Waals surface area (Å²) in [5.74, 6) is 0. The first kappa shape index (κ1) is 63.6. The highest BCUT2D eigenvalue weighted by molar-refractivity contribution is 6.23. The van der Waals surface area contributed by atoms with Crippen LogP contribution >= 0.6 is 0 Å². The molecule has 0 aliphatic rings. The van der Waals surface area contributed by atoms with E-state index in [4.69, 9.17) is 8.83 Å². The minimum Gasteiger partial charge on any atom is -0.456 e. The summed E-state index contributed by atoms with van der Waals surface area (Å²) in [5, 5.41) is 14.2. The summed E-state index contributed by atoms with van der Waals surface area (Å²) in [5.41, 5.74) is 31.5. The van der Waals surface area contributed by atoms with Crippen LogP contribution in [0.3, 0.4) is 0 Å². The fraction of sp³-hybridized carbons (Fsp3) is 0.0769. The van der Waals surface area contributed by atoms with E-state index in [1.165, 1.54) is 93.2 Å². The van der Waals surface area contributed by atoms with Gasteiger partial charge < -0.3 is 27.1 Å². The summed E-state index contributed by atoms with van der Waals surface area (Å²) in [6, 6.07) is 125. The number of benzene rings is 16. The lowest BCUT2D eigenvalue weighted by Gasteiger charge is -2.19. The number of hydrogen-bond acceptors (Lipinski definition) is 2. The third kappa shape index (κ3) is 9.95. The van der Waals surface area contributed by atoms with Crippen LogP contribution in [0.2, 0.25) is 0 Å². The molecule has 22 aromatic rings. The van der Waals surface area contributed by atoms with E-state index in [0.29, 0.717) is 0 Å². The lowest BCUT2D eigenvalue weighted by Crippen LogP contribution is -2.10. The first-order chi connectivity index (χ1) is 53.8. The van der Waals surface area contributed by atoms with Crippen LogP contribution in [0, 0.1) is 0 Å². The third-order valence-corrected chi connectivity index (χ3v) is 23.6. The van der Waals surface area contributed by atoms with Crippen molar-refractivity contribution in [1.29, 1.82) is 0 Å². The van der Waals surface area contributed by atoms with Crippen molar-refractivity contribution < 1.29 is 8.83 Å². The minimum atomic E-state index is 0.0618. The van der Waals surface area contributed by atoms with Crippen molar-refractivity contribution in [1.82, 2.24) is 18.3 Å². The molecule has 0 unspecified atom stereocenters. The van der Waals surface area contributed by atoms with Gasteiger partial charge in [-0.1, -0.05) is 248 Å². The highest BCUT2D eigenvalue weighted by Crippen LogP contribution is 2.46. The smallest absolute Gasteiger partial charge is 0.160 e. The van der Waals surface area contributed by atoms with Crippen LogP contribution in [0.1, 0.15) is 52.7 Å². The van der Waals surface area contributed by atoms with Crippen molar-refractivity contribution in [2.45, 2.75) is 52.4 Å². The van der Waals surface area contributed by atoms with E-state index in [-0.39, 0.29) is 10.8 Å². The topological polar surface area (TPSA) is 46.0 Å². The Kier molecular flexibility index (Phi) is 13.8. The number of para-hydroxylation sites is 4. The molecule has 16 aromatic carbocycles. The first-order valence-corrected chi connectivity index (χ1v) is 38.3. The van der Waals surface area contributed by atoms with E-state index in [1.54, 1.807) is 0 Å². The molecule has 6 nitrogen and oxygen atoms in total. The molecule has 6 heterocycles. The largest absolute Gasteiger partial charge is 0.456 e. The second-order valence-electron chi connectivity index (χ2n) is 32.0. The highest BCUT2D eigenvalue weighted by atomic mass is 16.3. The normalized spacial score (nSPS) is 12.5. The average molecular weight is 1410 g/mol. The van der Waals surface area contributed by atoms with Crippen LogP contribution in [0.5, 0.6) is 0 Å². The maximum absolute atomic E-state index is 7.22. The molecule has 0 aliphatic carbocycles. The van der Waals surface area contributed by atoms with Gasteiger partial charge in [-0.2, -0.15) is 0 Å². The van der Waals surface area contributed by atoms with Crippen LogP contribution in [0.4, 0.5) is 0 Å². The molecule has 0 radical (unpaired) electrons. The highest BCUT2D eigenvalue weighted by Gasteiger charge is 2.25. The molecule has 522 valence electrons. The van der Waals surface area contributed by atoms with Crippen LogP contribution < -0.4 is 0 Å². The van der Waals surface area contributed by atoms with Crippen LogP contribution in [0.15, 0.2) is 349 Å². The van der Waals surface area contributed by atoms with Gasteiger partial charge in [0.1, 0.15) is 16.7 Å². The zero-order valence-corrected chi connectivity index (χ0v) is 61.9. The van der Waals surface area contributed by atoms with Gasteiger partial charge in [-0.15, -0.1) is 0 Å². The van der Waals surface area contributed by atoms with Gasteiger partial charge in [-0.3, -0.25) is 0 Å². The predicted octanol–water partition coefficient (Wildman–Crippen LogP) is 28.8. The van der Waals surface area contributed by atoms with Gasteiger partial charge in [0.25, 0.3) is 0 Å². The van der Waals surface area contributed by atoms with Gasteiger partial charge in [0, 0.05) is 93.5 Å². The van der Waals surface area contributed by atoms with Crippen molar-refractivity contribution in [3.05, 3.63) is 351 Å². The van der Waals surface area contributed by atoms with Gasteiger partial charge in [-0.25, -0.2) is 0 Å². The molecule has 22 rings (SSSR count). The SMILES string of the molecule is CC(C)(C)c1ccc2c(c1)c1ccccc1n2-c1ccc(-c2ccc(-c3ccc(-n4c5cc(-c6ccc7c(c6)oc6c7ccc7c8ccccc8n(-c8ccc(-c9ccc(-c%10ccc(-n%11c%12ccccc%12c%12cc(C(C)(C)C)ccc%12%11)cc%10)cc9)cc8)c76)ccc5c5cc6c(cc54)oc4ccccc46)cc3)cc2)cc1. The molecule has 110 heavy (non-hydrogen) atoms. The Morgan fingerprint density at radius 1 is 0.191 bits per heavy atom. The molecule has 0 amide bonds. The number of hydrogen-bond donors (Lipinski definition) is 0. The van der Waals surface area contributed by atoms with E-state index in [2.05, 4.69) is 393 Å². The van der Waals surface area contributed by atoms with Gasteiger partial charge >= 0.3 is 0 Å². The predicted molar refractivity (Wildman–Crippen MR) is 463 cm³/mol. The molecule has 0 atom stereocenters. The van der Waals surface area contributed by atoms with Crippen LogP contribution in [-0.4, -0.2) is 18.3 Å². The fourth-order valence-electron chi connectivity index (χ4n) is 17.8. The molecule has 0 saturated carbocycles. The fourth-order valence-corrected chi connectivity index (χ4v) is 17.8. The molecule has 0 saturated heterocycles. The molecule has 6 aromatic heterocycles. The maximum Gasteiger partial charge on any atom is 0.160 e. The van der Waals surface area contributed by atoms with Gasteiger partial charge in [0.05, 0.1) is 44.1 Å². The Morgan fingerprint density at radius 2 is 0.509 bits per heavy atom. The molecule has 0 fully saturated rings. The van der Waals surface area contributed by atoms with E-state index in [0.717, 1.165) is 127 Å². The molecular formula is C104H74N4O2. The lowest BCUT2D eigenvalue weighted by atomic mass is 9.86. The number of nitrogens with zero attached hydrogens (tertiary/aromatic N) is 4. The van der Waals surface area contributed by atoms with Crippen molar-refractivity contribution in [3.63, 3.8) is 0 Å². The summed E-state index contributed by atoms with van der Waals surface area (Å²) in [7, 11) is 0. The van der Waals surface area contributed by atoms with Crippen molar-refractivity contribution in [2.75, 3.05) is 0 Å². The molecule has 0 aliphatic heterocycles. The van der Waals surface area contributed by atoms with Crippen molar-refractivity contribution in [3.8, 4) is 78.4 Å². The standard InChI is InChI=1S/C104H74N4O2/c1-103(2,3)73-41-55-94-87(59-73)80-16-8-11-19-91(80)105(94)75-43-31-67(32-44-75)63-23-25-65(26-24-63)69-35-47-77(48-36-69)107-96-57-71(39-51-82(96)89-61-90-83-18-10-14-22-98(83)109-100(90)62-97(89)107)72-40-52-84-86-54-53-85-79-15-7-13-21-93(79)108(101(85)102(86)110-99(84)58-72)78-49-37-70(38-50-78)66-29-27-64(28-30-66)68-33-45-76(46-34-68)106-92-20-12-9-17-81(92)88-60-74(104(4,5)6)42-56-95(88)106/h7-62H,1-6H3.